The van der Waals surface area contributed by atoms with Crippen molar-refractivity contribution in [3.8, 4) is 16.9 Å². The number of nitrogens with one attached hydrogen (secondary N) is 3. The number of hydrogen-bond donors (Lipinski definition) is 4. The minimum atomic E-state index is -0.335. The SMILES string of the molecule is C=C1C[C@H]2C=Nc3cc(OCCCC(=O)Nc4cc(C(=O)Nc5ccc(-c6cc(C(=O)NCCCO)n(C)c6)cc5)n(C)c4)c(C)cc3C(=O)N2C1. The Morgan fingerprint density at radius 3 is 2.46 bits per heavy atom. The molecule has 52 heavy (non-hydrogen) atoms. The Bertz CT molecular complexity index is 2060. The molecule has 1 saturated heterocycles. The highest BCUT2D eigenvalue weighted by Gasteiger charge is 2.33. The fourth-order valence-electron chi connectivity index (χ4n) is 6.37. The molecule has 0 spiro atoms. The van der Waals surface area contributed by atoms with Crippen LogP contribution in [0.3, 0.4) is 0 Å². The Morgan fingerprint density at radius 2 is 1.69 bits per heavy atom. The van der Waals surface area contributed by atoms with Crippen molar-refractivity contribution in [2.45, 2.75) is 38.6 Å². The molecule has 4 heterocycles. The van der Waals surface area contributed by atoms with E-state index in [1.165, 1.54) is 0 Å². The van der Waals surface area contributed by atoms with E-state index >= 15 is 0 Å². The van der Waals surface area contributed by atoms with Gasteiger partial charge in [-0.05, 0) is 67.6 Å². The molecule has 0 unspecified atom stereocenters. The van der Waals surface area contributed by atoms with Gasteiger partial charge in [0.2, 0.25) is 5.91 Å². The first kappa shape index (κ1) is 35.9. The Balaban J connectivity index is 0.980. The number of hydrogen-bond acceptors (Lipinski definition) is 7. The molecule has 0 bridgehead atoms. The summed E-state index contributed by atoms with van der Waals surface area (Å²) in [7, 11) is 3.53. The van der Waals surface area contributed by atoms with E-state index in [-0.39, 0.29) is 42.7 Å². The van der Waals surface area contributed by atoms with Gasteiger partial charge in [0.15, 0.2) is 0 Å². The maximum atomic E-state index is 13.1. The molecule has 270 valence electrons. The quantitative estimate of drug-likeness (QED) is 0.113. The zero-order valence-corrected chi connectivity index (χ0v) is 29.6. The van der Waals surface area contributed by atoms with E-state index in [2.05, 4.69) is 27.5 Å². The summed E-state index contributed by atoms with van der Waals surface area (Å²) in [5.41, 5.74) is 6.65. The highest BCUT2D eigenvalue weighted by molar-refractivity contribution is 6.05. The number of carbonyl (C=O) groups is 4. The molecule has 2 aliphatic heterocycles. The van der Waals surface area contributed by atoms with Gasteiger partial charge in [-0.25, -0.2) is 0 Å². The molecular formula is C39H43N7O6. The first-order valence-corrected chi connectivity index (χ1v) is 17.2. The molecule has 4 amide bonds. The number of aliphatic imine (C=N–C) groups is 1. The second-order valence-corrected chi connectivity index (χ2v) is 13.2. The molecule has 2 aromatic heterocycles. The molecular weight excluding hydrogens is 662 g/mol. The van der Waals surface area contributed by atoms with Crippen LogP contribution in [0.5, 0.6) is 5.75 Å². The van der Waals surface area contributed by atoms with E-state index in [4.69, 9.17) is 9.84 Å². The average Bonchev–Trinajstić information content (AvgIpc) is 3.79. The fraction of sp³-hybridized carbons (Fsp3) is 0.308. The predicted octanol–water partition coefficient (Wildman–Crippen LogP) is 4.99. The van der Waals surface area contributed by atoms with Gasteiger partial charge in [-0.3, -0.25) is 24.2 Å². The topological polar surface area (TPSA) is 159 Å². The van der Waals surface area contributed by atoms with Crippen molar-refractivity contribution < 1.29 is 29.0 Å². The number of anilines is 2. The van der Waals surface area contributed by atoms with Crippen molar-refractivity contribution in [2.75, 3.05) is 36.9 Å². The summed E-state index contributed by atoms with van der Waals surface area (Å²) in [6.07, 6.45) is 7.22. The van der Waals surface area contributed by atoms with E-state index in [1.807, 2.05) is 31.3 Å². The second kappa shape index (κ2) is 15.5. The summed E-state index contributed by atoms with van der Waals surface area (Å²) in [4.78, 5) is 57.9. The summed E-state index contributed by atoms with van der Waals surface area (Å²) >= 11 is 0. The zero-order valence-electron chi connectivity index (χ0n) is 29.6. The fourth-order valence-corrected chi connectivity index (χ4v) is 6.37. The van der Waals surface area contributed by atoms with E-state index < -0.39 is 0 Å². The van der Waals surface area contributed by atoms with Gasteiger partial charge in [-0.1, -0.05) is 24.3 Å². The molecule has 2 aromatic carbocycles. The Hall–Kier alpha value is -5.95. The third kappa shape index (κ3) is 8.00. The molecule has 1 fully saturated rings. The largest absolute Gasteiger partial charge is 0.493 e. The monoisotopic (exact) mass is 705 g/mol. The molecule has 13 heteroatoms. The Labute approximate surface area is 302 Å². The standard InChI is InChI=1S/C39H43N7O6/c1-24-15-30-20-41-32-19-35(25(2)16-31(32)39(51)46(30)21-24)52-14-5-7-36(48)42-29-18-34(45(4)23-29)38(50)43-28-10-8-26(9-11-28)27-17-33(44(3)22-27)37(49)40-12-6-13-47/h8-11,16-20,22-23,30,47H,1,5-7,12-15,21H2,2-4H3,(H,40,49)(H,42,48)(H,43,50)/t30-/m0/s1. The lowest BCUT2D eigenvalue weighted by Crippen LogP contribution is -2.35. The number of benzene rings is 2. The van der Waals surface area contributed by atoms with Crippen LogP contribution in [0.15, 0.2) is 78.1 Å². The maximum absolute atomic E-state index is 13.1. The van der Waals surface area contributed by atoms with Gasteiger partial charge in [-0.2, -0.15) is 0 Å². The summed E-state index contributed by atoms with van der Waals surface area (Å²) in [6.45, 7) is 7.15. The lowest BCUT2D eigenvalue weighted by molar-refractivity contribution is -0.116. The summed E-state index contributed by atoms with van der Waals surface area (Å²) in [5, 5.41) is 17.5. The van der Waals surface area contributed by atoms with Gasteiger partial charge in [-0.15, -0.1) is 0 Å². The number of nitrogens with zero attached hydrogens (tertiary/aromatic N) is 4. The molecule has 4 N–H and O–H groups in total. The minimum Gasteiger partial charge on any atom is -0.493 e. The van der Waals surface area contributed by atoms with E-state index in [0.29, 0.717) is 72.3 Å². The van der Waals surface area contributed by atoms with Gasteiger partial charge in [0.25, 0.3) is 17.7 Å². The molecule has 0 radical (unpaired) electrons. The van der Waals surface area contributed by atoms with Crippen LogP contribution in [0, 0.1) is 6.92 Å². The zero-order chi connectivity index (χ0) is 36.9. The van der Waals surface area contributed by atoms with Crippen molar-refractivity contribution >= 4 is 46.9 Å². The Morgan fingerprint density at radius 1 is 0.942 bits per heavy atom. The molecule has 4 aromatic rings. The van der Waals surface area contributed by atoms with Gasteiger partial charge < -0.3 is 39.8 Å². The van der Waals surface area contributed by atoms with Crippen LogP contribution in [0.1, 0.15) is 62.6 Å². The molecule has 0 saturated carbocycles. The normalized spacial score (nSPS) is 14.8. The highest BCUT2D eigenvalue weighted by Crippen LogP contribution is 2.35. The van der Waals surface area contributed by atoms with Gasteiger partial charge in [0, 0.05) is 76.1 Å². The van der Waals surface area contributed by atoms with E-state index in [0.717, 1.165) is 28.7 Å². The number of aliphatic hydroxyl groups is 1. The van der Waals surface area contributed by atoms with Crippen LogP contribution < -0.4 is 20.7 Å². The van der Waals surface area contributed by atoms with Crippen molar-refractivity contribution in [1.82, 2.24) is 19.4 Å². The van der Waals surface area contributed by atoms with E-state index in [9.17, 15) is 19.2 Å². The number of carbonyl (C=O) groups excluding carboxylic acids is 4. The molecule has 13 nitrogen and oxygen atoms in total. The van der Waals surface area contributed by atoms with Crippen LogP contribution in [0.4, 0.5) is 17.1 Å². The van der Waals surface area contributed by atoms with Crippen LogP contribution in [0.2, 0.25) is 0 Å². The molecule has 2 aliphatic rings. The first-order chi connectivity index (χ1) is 25.0. The smallest absolute Gasteiger partial charge is 0.272 e. The van der Waals surface area contributed by atoms with E-state index in [1.54, 1.807) is 70.9 Å². The lowest BCUT2D eigenvalue weighted by Gasteiger charge is -2.20. The van der Waals surface area contributed by atoms with Crippen molar-refractivity contribution in [3.05, 3.63) is 95.6 Å². The lowest BCUT2D eigenvalue weighted by atomic mass is 10.1. The molecule has 1 atom stereocenters. The van der Waals surface area contributed by atoms with Crippen molar-refractivity contribution in [3.63, 3.8) is 0 Å². The summed E-state index contributed by atoms with van der Waals surface area (Å²) in [6, 6.07) is 14.2. The number of aromatic nitrogens is 2. The van der Waals surface area contributed by atoms with Crippen LogP contribution in [-0.2, 0) is 18.9 Å². The summed E-state index contributed by atoms with van der Waals surface area (Å²) in [5.74, 6) is -0.197. The number of amides is 4. The van der Waals surface area contributed by atoms with Crippen molar-refractivity contribution in [1.29, 1.82) is 0 Å². The number of rotatable bonds is 13. The minimum absolute atomic E-state index is 0.0125. The Kier molecular flexibility index (Phi) is 10.7. The maximum Gasteiger partial charge on any atom is 0.272 e. The van der Waals surface area contributed by atoms with Gasteiger partial charge >= 0.3 is 0 Å². The van der Waals surface area contributed by atoms with Crippen LogP contribution in [-0.4, -0.2) is 81.3 Å². The molecule has 0 aliphatic carbocycles. The number of fused-ring (bicyclic) bond motifs is 2. The van der Waals surface area contributed by atoms with Crippen LogP contribution >= 0.6 is 0 Å². The average molecular weight is 706 g/mol. The first-order valence-electron chi connectivity index (χ1n) is 17.2. The molecule has 6 rings (SSSR count). The third-order valence-corrected chi connectivity index (χ3v) is 9.12. The second-order valence-electron chi connectivity index (χ2n) is 13.2. The van der Waals surface area contributed by atoms with Crippen molar-refractivity contribution in [2.24, 2.45) is 19.1 Å². The third-order valence-electron chi connectivity index (χ3n) is 9.12. The number of aliphatic hydroxyl groups excluding tert-OH is 1. The van der Waals surface area contributed by atoms with Crippen LogP contribution in [0.25, 0.3) is 11.1 Å². The van der Waals surface area contributed by atoms with Gasteiger partial charge in [0.1, 0.15) is 17.1 Å². The summed E-state index contributed by atoms with van der Waals surface area (Å²) < 4.78 is 9.39. The van der Waals surface area contributed by atoms with Gasteiger partial charge in [0.05, 0.1) is 29.6 Å². The predicted molar refractivity (Wildman–Crippen MR) is 200 cm³/mol. The number of ether oxygens (including phenoxy) is 1. The highest BCUT2D eigenvalue weighted by atomic mass is 16.5. The number of aryl methyl sites for hydroxylation is 3.